The van der Waals surface area contributed by atoms with Crippen molar-refractivity contribution in [3.8, 4) is 17.0 Å². The third-order valence-corrected chi connectivity index (χ3v) is 6.06. The van der Waals surface area contributed by atoms with E-state index in [2.05, 4.69) is 38.6 Å². The molecule has 1 unspecified atom stereocenters. The monoisotopic (exact) mass is 452 g/mol. The fraction of sp³-hybridized carbons (Fsp3) is 0.214. The molecule has 0 saturated carbocycles. The highest BCUT2D eigenvalue weighted by Crippen LogP contribution is 2.31. The third-order valence-electron chi connectivity index (χ3n) is 6.06. The Kier molecular flexibility index (Phi) is 6.68. The van der Waals surface area contributed by atoms with Crippen molar-refractivity contribution >= 4 is 5.91 Å². The molecule has 2 heterocycles. The highest BCUT2D eigenvalue weighted by molar-refractivity contribution is 5.76. The standard InChI is InChI=1S/C28H28N4O2/c33-28(29-18-24-17-25(31-30-24)21-9-3-1-4-10-21)15-16-32-19-23-13-7-8-14-26(23)34-27(20-32)22-11-5-2-6-12-22/h1-14,17,27H,15-16,18-20H2,(H,29,33)(H,30,31). The van der Waals surface area contributed by atoms with Gasteiger partial charge >= 0.3 is 0 Å². The summed E-state index contributed by atoms with van der Waals surface area (Å²) in [6.07, 6.45) is 0.345. The molecule has 0 spiro atoms. The summed E-state index contributed by atoms with van der Waals surface area (Å²) in [7, 11) is 0. The Balaban J connectivity index is 1.18. The second-order valence-electron chi connectivity index (χ2n) is 8.53. The molecule has 1 atom stereocenters. The van der Waals surface area contributed by atoms with Gasteiger partial charge in [-0.1, -0.05) is 78.9 Å². The van der Waals surface area contributed by atoms with Crippen molar-refractivity contribution < 1.29 is 9.53 Å². The van der Waals surface area contributed by atoms with Crippen LogP contribution in [0.5, 0.6) is 5.75 Å². The molecule has 1 aromatic heterocycles. The Morgan fingerprint density at radius 1 is 1.00 bits per heavy atom. The van der Waals surface area contributed by atoms with E-state index in [0.717, 1.165) is 46.9 Å². The molecule has 5 rings (SSSR count). The maximum Gasteiger partial charge on any atom is 0.221 e. The van der Waals surface area contributed by atoms with Crippen LogP contribution in [-0.2, 0) is 17.9 Å². The van der Waals surface area contributed by atoms with Gasteiger partial charge in [-0.15, -0.1) is 0 Å². The molecular weight excluding hydrogens is 424 g/mol. The van der Waals surface area contributed by atoms with Crippen LogP contribution in [0.1, 0.15) is 29.3 Å². The van der Waals surface area contributed by atoms with Crippen LogP contribution in [0.4, 0.5) is 0 Å². The molecule has 172 valence electrons. The molecule has 1 aliphatic heterocycles. The van der Waals surface area contributed by atoms with Crippen LogP contribution < -0.4 is 10.1 Å². The largest absolute Gasteiger partial charge is 0.484 e. The van der Waals surface area contributed by atoms with E-state index in [1.807, 2.05) is 72.8 Å². The van der Waals surface area contributed by atoms with E-state index in [9.17, 15) is 4.79 Å². The normalized spacial score (nSPS) is 15.7. The zero-order chi connectivity index (χ0) is 23.2. The van der Waals surface area contributed by atoms with Crippen LogP contribution in [-0.4, -0.2) is 34.1 Å². The summed E-state index contributed by atoms with van der Waals surface area (Å²) >= 11 is 0. The minimum atomic E-state index is -0.0747. The molecule has 6 heteroatoms. The number of benzene rings is 3. The Bertz CT molecular complexity index is 1220. The van der Waals surface area contributed by atoms with Crippen LogP contribution in [0, 0.1) is 0 Å². The first-order valence-electron chi connectivity index (χ1n) is 11.6. The van der Waals surface area contributed by atoms with Crippen LogP contribution in [0.2, 0.25) is 0 Å². The molecule has 1 aliphatic rings. The Morgan fingerprint density at radius 3 is 2.56 bits per heavy atom. The number of nitrogens with zero attached hydrogens (tertiary/aromatic N) is 2. The maximum absolute atomic E-state index is 12.6. The number of nitrogens with one attached hydrogen (secondary N) is 2. The summed E-state index contributed by atoms with van der Waals surface area (Å²) < 4.78 is 6.37. The molecule has 0 fully saturated rings. The summed E-state index contributed by atoms with van der Waals surface area (Å²) in [6, 6.07) is 30.4. The molecule has 34 heavy (non-hydrogen) atoms. The Hall–Kier alpha value is -3.90. The molecular formula is C28H28N4O2. The topological polar surface area (TPSA) is 70.2 Å². The molecule has 4 aromatic rings. The van der Waals surface area contributed by atoms with Gasteiger partial charge in [-0.25, -0.2) is 0 Å². The van der Waals surface area contributed by atoms with Crippen molar-refractivity contribution in [3.63, 3.8) is 0 Å². The number of H-pyrrole nitrogens is 1. The van der Waals surface area contributed by atoms with Crippen LogP contribution in [0.3, 0.4) is 0 Å². The maximum atomic E-state index is 12.6. The number of carbonyl (C=O) groups is 1. The number of ether oxygens (including phenoxy) is 1. The molecule has 0 radical (unpaired) electrons. The van der Waals surface area contributed by atoms with Crippen molar-refractivity contribution in [3.05, 3.63) is 108 Å². The Morgan fingerprint density at radius 2 is 1.74 bits per heavy atom. The minimum Gasteiger partial charge on any atom is -0.484 e. The summed E-state index contributed by atoms with van der Waals surface area (Å²) in [5.74, 6) is 0.933. The van der Waals surface area contributed by atoms with Crippen molar-refractivity contribution in [2.75, 3.05) is 13.1 Å². The predicted molar refractivity (Wildman–Crippen MR) is 132 cm³/mol. The number of amides is 1. The molecule has 6 nitrogen and oxygen atoms in total. The molecule has 3 aromatic carbocycles. The van der Waals surface area contributed by atoms with E-state index in [0.29, 0.717) is 19.5 Å². The highest BCUT2D eigenvalue weighted by atomic mass is 16.5. The van der Waals surface area contributed by atoms with E-state index in [-0.39, 0.29) is 12.0 Å². The van der Waals surface area contributed by atoms with Gasteiger partial charge in [0.1, 0.15) is 11.9 Å². The van der Waals surface area contributed by atoms with Gasteiger partial charge in [0.25, 0.3) is 0 Å². The molecule has 0 saturated heterocycles. The lowest BCUT2D eigenvalue weighted by molar-refractivity contribution is -0.121. The molecule has 0 aliphatic carbocycles. The van der Waals surface area contributed by atoms with Crippen molar-refractivity contribution in [2.24, 2.45) is 0 Å². The van der Waals surface area contributed by atoms with Crippen molar-refractivity contribution in [1.29, 1.82) is 0 Å². The van der Waals surface area contributed by atoms with Gasteiger partial charge in [0.05, 0.1) is 17.9 Å². The lowest BCUT2D eigenvalue weighted by atomic mass is 10.1. The number of para-hydroxylation sites is 1. The van der Waals surface area contributed by atoms with E-state index in [1.165, 1.54) is 0 Å². The summed E-state index contributed by atoms with van der Waals surface area (Å²) in [5, 5.41) is 10.4. The SMILES string of the molecule is O=C(CCN1Cc2ccccc2OC(c2ccccc2)C1)NCc1cc(-c2ccccc2)n[nH]1. The molecule has 0 bridgehead atoms. The highest BCUT2D eigenvalue weighted by Gasteiger charge is 2.24. The predicted octanol–water partition coefficient (Wildman–Crippen LogP) is 4.72. The minimum absolute atomic E-state index is 0.0190. The second kappa shape index (κ2) is 10.4. The average molecular weight is 453 g/mol. The first kappa shape index (κ1) is 21.9. The average Bonchev–Trinajstić information content (AvgIpc) is 3.28. The van der Waals surface area contributed by atoms with Crippen LogP contribution >= 0.6 is 0 Å². The number of carbonyl (C=O) groups excluding carboxylic acids is 1. The van der Waals surface area contributed by atoms with Gasteiger partial charge in [0.2, 0.25) is 5.91 Å². The smallest absolute Gasteiger partial charge is 0.221 e. The van der Waals surface area contributed by atoms with Crippen LogP contribution in [0.25, 0.3) is 11.3 Å². The van der Waals surface area contributed by atoms with Gasteiger partial charge in [-0.3, -0.25) is 14.8 Å². The molecule has 1 amide bonds. The zero-order valence-corrected chi connectivity index (χ0v) is 19.0. The van der Waals surface area contributed by atoms with Gasteiger partial charge < -0.3 is 10.1 Å². The summed E-state index contributed by atoms with van der Waals surface area (Å²) in [6.45, 7) is 2.57. The number of rotatable bonds is 7. The quantitative estimate of drug-likeness (QED) is 0.426. The third kappa shape index (κ3) is 5.35. The lowest BCUT2D eigenvalue weighted by Crippen LogP contribution is -2.33. The van der Waals surface area contributed by atoms with E-state index >= 15 is 0 Å². The molecule has 2 N–H and O–H groups in total. The lowest BCUT2D eigenvalue weighted by Gasteiger charge is -2.24. The fourth-order valence-electron chi connectivity index (χ4n) is 4.24. The number of fused-ring (bicyclic) bond motifs is 1. The second-order valence-corrected chi connectivity index (χ2v) is 8.53. The number of aromatic amines is 1. The summed E-state index contributed by atoms with van der Waals surface area (Å²) in [4.78, 5) is 14.9. The summed E-state index contributed by atoms with van der Waals surface area (Å²) in [5.41, 5.74) is 5.09. The zero-order valence-electron chi connectivity index (χ0n) is 19.0. The first-order chi connectivity index (χ1) is 16.7. The number of aromatic nitrogens is 2. The van der Waals surface area contributed by atoms with Crippen LogP contribution in [0.15, 0.2) is 91.0 Å². The number of hydrogen-bond acceptors (Lipinski definition) is 4. The van der Waals surface area contributed by atoms with Gasteiger partial charge in [0.15, 0.2) is 0 Å². The first-order valence-corrected chi connectivity index (χ1v) is 11.6. The number of hydrogen-bond donors (Lipinski definition) is 2. The van der Waals surface area contributed by atoms with Crippen molar-refractivity contribution in [1.82, 2.24) is 20.4 Å². The van der Waals surface area contributed by atoms with E-state index in [4.69, 9.17) is 4.74 Å². The van der Waals surface area contributed by atoms with Crippen molar-refractivity contribution in [2.45, 2.75) is 25.6 Å². The van der Waals surface area contributed by atoms with Gasteiger partial charge in [0, 0.05) is 37.2 Å². The van der Waals surface area contributed by atoms with E-state index in [1.54, 1.807) is 0 Å². The van der Waals surface area contributed by atoms with E-state index < -0.39 is 0 Å². The van der Waals surface area contributed by atoms with Gasteiger partial charge in [-0.2, -0.15) is 5.10 Å². The fourth-order valence-corrected chi connectivity index (χ4v) is 4.24. The Labute approximate surface area is 199 Å². The van der Waals surface area contributed by atoms with Gasteiger partial charge in [-0.05, 0) is 17.7 Å².